The summed E-state index contributed by atoms with van der Waals surface area (Å²) in [7, 11) is -5.79. The lowest BCUT2D eigenvalue weighted by atomic mass is 10.3. The number of carbonyl (C=O) groups is 2. The van der Waals surface area contributed by atoms with Gasteiger partial charge in [0.05, 0.1) is 0 Å². The van der Waals surface area contributed by atoms with Gasteiger partial charge < -0.3 is 19.6 Å². The van der Waals surface area contributed by atoms with Gasteiger partial charge in [0.25, 0.3) is 0 Å². The Hall–Kier alpha value is -2.53. The first-order valence-electron chi connectivity index (χ1n) is 8.01. The van der Waals surface area contributed by atoms with E-state index in [0.29, 0.717) is 0 Å². The van der Waals surface area contributed by atoms with Crippen molar-refractivity contribution < 1.29 is 47.0 Å². The Morgan fingerprint density at radius 2 is 1.50 bits per heavy atom. The number of para-hydroxylation sites is 1. The molecule has 2 aromatic carbocycles. The number of benzene rings is 2. The molecule has 0 bridgehead atoms. The van der Waals surface area contributed by atoms with Gasteiger partial charge in [0.2, 0.25) is 0 Å². The number of hydrogen-bond donors (Lipinski definition) is 3. The summed E-state index contributed by atoms with van der Waals surface area (Å²) in [4.78, 5) is 39.6. The standard InChI is InChI=1S/C17H15F3NO7PS/c18-16(19,20)15(24)21(11-14(22)23)17(29(25,26)27,28-12-7-3-1-4-8-12)30-13-9-5-2-6-10-13/h1-10H,11H2,(H,22,23)(H2,25,26,27). The first kappa shape index (κ1) is 23.7. The van der Waals surface area contributed by atoms with Crippen LogP contribution in [0.5, 0.6) is 5.75 Å². The second-order valence-corrected chi connectivity index (χ2v) is 8.93. The Kier molecular flexibility index (Phi) is 7.19. The lowest BCUT2D eigenvalue weighted by molar-refractivity contribution is -0.193. The third-order valence-corrected chi connectivity index (χ3v) is 6.61. The molecule has 0 heterocycles. The van der Waals surface area contributed by atoms with Crippen LogP contribution in [0.2, 0.25) is 0 Å². The Bertz CT molecular complexity index is 896. The number of alkyl halides is 3. The van der Waals surface area contributed by atoms with E-state index in [-0.39, 0.29) is 22.4 Å². The molecule has 0 spiro atoms. The lowest BCUT2D eigenvalue weighted by Crippen LogP contribution is -2.58. The molecule has 162 valence electrons. The number of amides is 1. The maximum absolute atomic E-state index is 13.2. The van der Waals surface area contributed by atoms with Gasteiger partial charge >= 0.3 is 30.4 Å². The largest absolute Gasteiger partial charge is 0.480 e. The number of aliphatic carboxylic acids is 1. The van der Waals surface area contributed by atoms with E-state index in [1.165, 1.54) is 60.7 Å². The minimum atomic E-state index is -5.79. The molecule has 0 aliphatic heterocycles. The Morgan fingerprint density at radius 3 is 1.93 bits per heavy atom. The Labute approximate surface area is 172 Å². The fraction of sp³-hybridized carbons (Fsp3) is 0.176. The number of halogens is 3. The number of nitrogens with zero attached hydrogens (tertiary/aromatic N) is 1. The molecular weight excluding hydrogens is 450 g/mol. The van der Waals surface area contributed by atoms with Crippen molar-refractivity contribution in [2.45, 2.75) is 15.9 Å². The maximum Gasteiger partial charge on any atom is 0.471 e. The molecule has 0 aromatic heterocycles. The fourth-order valence-corrected chi connectivity index (χ4v) is 4.77. The molecule has 0 saturated carbocycles. The summed E-state index contributed by atoms with van der Waals surface area (Å²) in [5.74, 6) is -5.02. The molecule has 0 saturated heterocycles. The first-order chi connectivity index (χ1) is 13.9. The second-order valence-electron chi connectivity index (χ2n) is 5.71. The van der Waals surface area contributed by atoms with Crippen LogP contribution in [0.4, 0.5) is 13.2 Å². The van der Waals surface area contributed by atoms with Crippen molar-refractivity contribution in [3.8, 4) is 5.75 Å². The predicted molar refractivity (Wildman–Crippen MR) is 99.5 cm³/mol. The van der Waals surface area contributed by atoms with Gasteiger partial charge in [-0.2, -0.15) is 13.2 Å². The average Bonchev–Trinajstić information content (AvgIpc) is 2.65. The van der Waals surface area contributed by atoms with Gasteiger partial charge in [-0.1, -0.05) is 36.4 Å². The number of carboxylic acid groups (broad SMARTS) is 1. The Balaban J connectivity index is 2.75. The zero-order valence-electron chi connectivity index (χ0n) is 14.9. The smallest absolute Gasteiger partial charge is 0.471 e. The topological polar surface area (TPSA) is 124 Å². The lowest BCUT2D eigenvalue weighted by Gasteiger charge is -2.41. The maximum atomic E-state index is 13.2. The molecule has 2 rings (SSSR count). The van der Waals surface area contributed by atoms with Gasteiger partial charge in [-0.05, 0) is 36.0 Å². The van der Waals surface area contributed by atoms with Crippen LogP contribution in [0.1, 0.15) is 0 Å². The normalized spacial score (nSPS) is 13.9. The number of hydrogen-bond acceptors (Lipinski definition) is 5. The van der Waals surface area contributed by atoms with Crippen LogP contribution >= 0.6 is 19.4 Å². The van der Waals surface area contributed by atoms with Crippen molar-refractivity contribution in [2.24, 2.45) is 0 Å². The summed E-state index contributed by atoms with van der Waals surface area (Å²) < 4.78 is 57.5. The average molecular weight is 465 g/mol. The first-order valence-corrected chi connectivity index (χ1v) is 10.4. The van der Waals surface area contributed by atoms with Crippen LogP contribution in [0.15, 0.2) is 65.6 Å². The van der Waals surface area contributed by atoms with Crippen LogP contribution in [0.3, 0.4) is 0 Å². The van der Waals surface area contributed by atoms with Crippen molar-refractivity contribution in [3.63, 3.8) is 0 Å². The van der Waals surface area contributed by atoms with Crippen LogP contribution in [-0.4, -0.2) is 49.2 Å². The van der Waals surface area contributed by atoms with Crippen molar-refractivity contribution >= 4 is 31.2 Å². The van der Waals surface area contributed by atoms with Crippen molar-refractivity contribution in [3.05, 3.63) is 60.7 Å². The summed E-state index contributed by atoms with van der Waals surface area (Å²) in [6, 6.07) is 13.6. The van der Waals surface area contributed by atoms with E-state index in [2.05, 4.69) is 0 Å². The van der Waals surface area contributed by atoms with E-state index >= 15 is 0 Å². The molecule has 0 radical (unpaired) electrons. The van der Waals surface area contributed by atoms with E-state index in [4.69, 9.17) is 9.84 Å². The molecule has 1 unspecified atom stereocenters. The van der Waals surface area contributed by atoms with Crippen molar-refractivity contribution in [1.29, 1.82) is 0 Å². The van der Waals surface area contributed by atoms with Gasteiger partial charge in [-0.25, -0.2) is 0 Å². The predicted octanol–water partition coefficient (Wildman–Crippen LogP) is 3.12. The molecule has 3 N–H and O–H groups in total. The van der Waals surface area contributed by atoms with Crippen LogP contribution in [-0.2, 0) is 14.2 Å². The highest BCUT2D eigenvalue weighted by Crippen LogP contribution is 2.61. The fourth-order valence-electron chi connectivity index (χ4n) is 2.28. The third kappa shape index (κ3) is 5.54. The van der Waals surface area contributed by atoms with Crippen molar-refractivity contribution in [2.75, 3.05) is 6.54 Å². The van der Waals surface area contributed by atoms with E-state index in [1.807, 2.05) is 0 Å². The number of carboxylic acids is 1. The molecule has 13 heteroatoms. The third-order valence-electron chi connectivity index (χ3n) is 3.48. The van der Waals surface area contributed by atoms with Crippen molar-refractivity contribution in [1.82, 2.24) is 4.90 Å². The summed E-state index contributed by atoms with van der Waals surface area (Å²) >= 11 is 0.0889. The van der Waals surface area contributed by atoms with E-state index in [1.54, 1.807) is 0 Å². The molecule has 1 atom stereocenters. The summed E-state index contributed by atoms with van der Waals surface area (Å²) in [5, 5.41) is 9.08. The van der Waals surface area contributed by atoms with E-state index < -0.39 is 41.9 Å². The van der Waals surface area contributed by atoms with Gasteiger partial charge in [0.1, 0.15) is 12.3 Å². The summed E-state index contributed by atoms with van der Waals surface area (Å²) in [6.07, 6.45) is -5.63. The molecule has 0 fully saturated rings. The minimum Gasteiger partial charge on any atom is -0.480 e. The van der Waals surface area contributed by atoms with Gasteiger partial charge in [-0.3, -0.25) is 19.1 Å². The zero-order valence-corrected chi connectivity index (χ0v) is 16.6. The van der Waals surface area contributed by atoms with E-state index in [0.717, 1.165) is 0 Å². The van der Waals surface area contributed by atoms with Gasteiger partial charge in [-0.15, -0.1) is 0 Å². The SMILES string of the molecule is O=C(O)CN(C(=O)C(F)(F)F)C(Oc1ccccc1)(Sc1ccccc1)P(=O)(O)O. The van der Waals surface area contributed by atoms with Gasteiger partial charge in [0, 0.05) is 4.90 Å². The second kappa shape index (κ2) is 9.09. The minimum absolute atomic E-state index is 0.0159. The van der Waals surface area contributed by atoms with Crippen LogP contribution < -0.4 is 4.74 Å². The molecule has 30 heavy (non-hydrogen) atoms. The zero-order chi connectivity index (χ0) is 22.6. The molecular formula is C17H15F3NO7PS. The monoisotopic (exact) mass is 465 g/mol. The molecule has 0 aliphatic carbocycles. The molecule has 8 nitrogen and oxygen atoms in total. The van der Waals surface area contributed by atoms with E-state index in [9.17, 15) is 37.1 Å². The van der Waals surface area contributed by atoms with Crippen LogP contribution in [0.25, 0.3) is 0 Å². The summed E-state index contributed by atoms with van der Waals surface area (Å²) in [5.41, 5.74) is 0. The Morgan fingerprint density at radius 1 is 1.00 bits per heavy atom. The number of rotatable bonds is 8. The highest BCUT2D eigenvalue weighted by atomic mass is 32.2. The highest BCUT2D eigenvalue weighted by molar-refractivity contribution is 8.06. The number of ether oxygens (including phenoxy) is 1. The van der Waals surface area contributed by atoms with Gasteiger partial charge in [0.15, 0.2) is 0 Å². The molecule has 1 amide bonds. The number of carbonyl (C=O) groups excluding carboxylic acids is 1. The van der Waals surface area contributed by atoms with Crippen LogP contribution in [0, 0.1) is 0 Å². The summed E-state index contributed by atoms with van der Waals surface area (Å²) in [6.45, 7) is -1.68. The quantitative estimate of drug-likeness (QED) is 0.309. The number of thioether (sulfide) groups is 1. The highest BCUT2D eigenvalue weighted by Gasteiger charge is 2.62. The molecule has 0 aliphatic rings. The molecule has 2 aromatic rings.